The third-order valence-corrected chi connectivity index (χ3v) is 3.04. The quantitative estimate of drug-likeness (QED) is 0.733. The molecule has 1 saturated heterocycles. The van der Waals surface area contributed by atoms with Gasteiger partial charge in [-0.25, -0.2) is 4.39 Å². The zero-order chi connectivity index (χ0) is 9.31. The van der Waals surface area contributed by atoms with Crippen LogP contribution in [0.4, 0.5) is 4.39 Å². The molecule has 1 heterocycles. The minimum Gasteiger partial charge on any atom is -0.315 e. The normalized spacial score (nSPS) is 19.5. The molecule has 0 unspecified atom stereocenters. The van der Waals surface area contributed by atoms with Gasteiger partial charge in [-0.2, -0.15) is 0 Å². The van der Waals surface area contributed by atoms with Crippen LogP contribution in [0, 0.1) is 5.82 Å². The summed E-state index contributed by atoms with van der Waals surface area (Å²) in [4.78, 5) is 0. The third-order valence-electron chi connectivity index (χ3n) is 3.04. The molecular formula is C11H14FN. The van der Waals surface area contributed by atoms with Crippen molar-refractivity contribution in [2.75, 3.05) is 13.1 Å². The Bertz CT molecular complexity index is 299. The summed E-state index contributed by atoms with van der Waals surface area (Å²) in [5, 5.41) is 3.25. The lowest BCUT2D eigenvalue weighted by molar-refractivity contribution is 0.267. The number of hydrogen-bond donors (Lipinski definition) is 1. The molecule has 70 valence electrons. The van der Waals surface area contributed by atoms with Crippen LogP contribution >= 0.6 is 0 Å². The lowest BCUT2D eigenvalue weighted by Gasteiger charge is -2.42. The first kappa shape index (κ1) is 8.70. The highest BCUT2D eigenvalue weighted by Crippen LogP contribution is 2.31. The highest BCUT2D eigenvalue weighted by atomic mass is 19.1. The van der Waals surface area contributed by atoms with Crippen molar-refractivity contribution in [1.82, 2.24) is 5.32 Å². The summed E-state index contributed by atoms with van der Waals surface area (Å²) in [6.07, 6.45) is 1.07. The van der Waals surface area contributed by atoms with E-state index in [2.05, 4.69) is 12.2 Å². The summed E-state index contributed by atoms with van der Waals surface area (Å²) in [5.41, 5.74) is 1.33. The van der Waals surface area contributed by atoms with Crippen molar-refractivity contribution in [1.29, 1.82) is 0 Å². The smallest absolute Gasteiger partial charge is 0.123 e. The van der Waals surface area contributed by atoms with E-state index >= 15 is 0 Å². The van der Waals surface area contributed by atoms with E-state index < -0.39 is 0 Å². The summed E-state index contributed by atoms with van der Waals surface area (Å²) in [6, 6.07) is 6.97. The molecule has 1 aromatic carbocycles. The summed E-state index contributed by atoms with van der Waals surface area (Å²) in [6.45, 7) is 4.12. The average Bonchev–Trinajstić information content (AvgIpc) is 2.03. The molecule has 1 nitrogen and oxygen atoms in total. The van der Waals surface area contributed by atoms with E-state index in [1.54, 1.807) is 12.1 Å². The van der Waals surface area contributed by atoms with Crippen LogP contribution in [0.15, 0.2) is 24.3 Å². The fraction of sp³-hybridized carbons (Fsp3) is 0.455. The molecule has 2 heteroatoms. The molecule has 1 aliphatic rings. The molecule has 13 heavy (non-hydrogen) atoms. The SMILES string of the molecule is CCC1(c2cccc(F)c2)CNC1. The van der Waals surface area contributed by atoms with Gasteiger partial charge in [0, 0.05) is 18.5 Å². The van der Waals surface area contributed by atoms with E-state index in [9.17, 15) is 4.39 Å². The number of hydrogen-bond acceptors (Lipinski definition) is 1. The minimum absolute atomic E-state index is 0.128. The fourth-order valence-corrected chi connectivity index (χ4v) is 1.90. The zero-order valence-electron chi connectivity index (χ0n) is 7.81. The van der Waals surface area contributed by atoms with Crippen molar-refractivity contribution >= 4 is 0 Å². The molecular weight excluding hydrogens is 165 g/mol. The fourth-order valence-electron chi connectivity index (χ4n) is 1.90. The van der Waals surface area contributed by atoms with Gasteiger partial charge in [0.2, 0.25) is 0 Å². The van der Waals surface area contributed by atoms with Crippen LogP contribution in [0.25, 0.3) is 0 Å². The second-order valence-electron chi connectivity index (χ2n) is 3.75. The Hall–Kier alpha value is -0.890. The van der Waals surface area contributed by atoms with Gasteiger partial charge in [0.1, 0.15) is 5.82 Å². The topological polar surface area (TPSA) is 12.0 Å². The van der Waals surface area contributed by atoms with Gasteiger partial charge < -0.3 is 5.32 Å². The van der Waals surface area contributed by atoms with Crippen molar-refractivity contribution in [3.8, 4) is 0 Å². The number of nitrogens with one attached hydrogen (secondary N) is 1. The Kier molecular flexibility index (Phi) is 2.08. The van der Waals surface area contributed by atoms with Crippen LogP contribution in [0.5, 0.6) is 0 Å². The van der Waals surface area contributed by atoms with Gasteiger partial charge in [0.25, 0.3) is 0 Å². The molecule has 0 bridgehead atoms. The molecule has 0 spiro atoms. The first-order chi connectivity index (χ1) is 6.27. The monoisotopic (exact) mass is 179 g/mol. The Morgan fingerprint density at radius 1 is 1.46 bits per heavy atom. The van der Waals surface area contributed by atoms with Crippen LogP contribution in [0.2, 0.25) is 0 Å². The van der Waals surface area contributed by atoms with Crippen LogP contribution < -0.4 is 5.32 Å². The van der Waals surface area contributed by atoms with Crippen LogP contribution in [0.1, 0.15) is 18.9 Å². The van der Waals surface area contributed by atoms with E-state index in [1.165, 1.54) is 6.07 Å². The Balaban J connectivity index is 2.33. The molecule has 1 aromatic rings. The molecule has 0 radical (unpaired) electrons. The summed E-state index contributed by atoms with van der Waals surface area (Å²) >= 11 is 0. The first-order valence-corrected chi connectivity index (χ1v) is 4.74. The average molecular weight is 179 g/mol. The maximum Gasteiger partial charge on any atom is 0.123 e. The highest BCUT2D eigenvalue weighted by Gasteiger charge is 2.36. The van der Waals surface area contributed by atoms with Crippen molar-refractivity contribution < 1.29 is 4.39 Å². The summed E-state index contributed by atoms with van der Waals surface area (Å²) in [7, 11) is 0. The molecule has 1 N–H and O–H groups in total. The van der Waals surface area contributed by atoms with E-state index in [0.717, 1.165) is 25.1 Å². The van der Waals surface area contributed by atoms with E-state index in [4.69, 9.17) is 0 Å². The predicted octanol–water partition coefficient (Wildman–Crippen LogP) is 2.08. The van der Waals surface area contributed by atoms with Crippen molar-refractivity contribution in [2.24, 2.45) is 0 Å². The molecule has 1 aliphatic heterocycles. The van der Waals surface area contributed by atoms with Gasteiger partial charge in [-0.05, 0) is 24.1 Å². The maximum absolute atomic E-state index is 13.0. The second-order valence-corrected chi connectivity index (χ2v) is 3.75. The first-order valence-electron chi connectivity index (χ1n) is 4.74. The number of benzene rings is 1. The lowest BCUT2D eigenvalue weighted by atomic mass is 9.73. The number of halogens is 1. The Morgan fingerprint density at radius 2 is 2.23 bits per heavy atom. The summed E-state index contributed by atoms with van der Waals surface area (Å²) in [5.74, 6) is -0.128. The lowest BCUT2D eigenvalue weighted by Crippen LogP contribution is -2.56. The zero-order valence-corrected chi connectivity index (χ0v) is 7.81. The molecule has 0 aromatic heterocycles. The molecule has 0 amide bonds. The van der Waals surface area contributed by atoms with Crippen molar-refractivity contribution in [3.05, 3.63) is 35.6 Å². The molecule has 0 atom stereocenters. The van der Waals surface area contributed by atoms with E-state index in [-0.39, 0.29) is 11.2 Å². The number of rotatable bonds is 2. The van der Waals surface area contributed by atoms with Crippen LogP contribution in [0.3, 0.4) is 0 Å². The van der Waals surface area contributed by atoms with Crippen molar-refractivity contribution in [3.63, 3.8) is 0 Å². The van der Waals surface area contributed by atoms with Crippen LogP contribution in [-0.2, 0) is 5.41 Å². The second kappa shape index (κ2) is 3.11. The largest absolute Gasteiger partial charge is 0.315 e. The van der Waals surface area contributed by atoms with Gasteiger partial charge in [-0.3, -0.25) is 0 Å². The Morgan fingerprint density at radius 3 is 2.69 bits per heavy atom. The van der Waals surface area contributed by atoms with Gasteiger partial charge >= 0.3 is 0 Å². The highest BCUT2D eigenvalue weighted by molar-refractivity contribution is 5.29. The van der Waals surface area contributed by atoms with Gasteiger partial charge in [0.05, 0.1) is 0 Å². The predicted molar refractivity (Wildman–Crippen MR) is 51.2 cm³/mol. The minimum atomic E-state index is -0.128. The molecule has 0 aliphatic carbocycles. The molecule has 0 saturated carbocycles. The van der Waals surface area contributed by atoms with Crippen molar-refractivity contribution in [2.45, 2.75) is 18.8 Å². The van der Waals surface area contributed by atoms with Gasteiger partial charge in [-0.15, -0.1) is 0 Å². The van der Waals surface area contributed by atoms with E-state index in [1.807, 2.05) is 6.07 Å². The third kappa shape index (κ3) is 1.35. The van der Waals surface area contributed by atoms with Gasteiger partial charge in [0.15, 0.2) is 0 Å². The standard InChI is InChI=1S/C11H14FN/c1-2-11(7-13-8-11)9-4-3-5-10(12)6-9/h3-6,13H,2,7-8H2,1H3. The van der Waals surface area contributed by atoms with Crippen LogP contribution in [-0.4, -0.2) is 13.1 Å². The molecule has 1 fully saturated rings. The van der Waals surface area contributed by atoms with Gasteiger partial charge in [-0.1, -0.05) is 19.1 Å². The molecule has 2 rings (SSSR count). The Labute approximate surface area is 78.0 Å². The summed E-state index contributed by atoms with van der Waals surface area (Å²) < 4.78 is 13.0. The maximum atomic E-state index is 13.0. The van der Waals surface area contributed by atoms with E-state index in [0.29, 0.717) is 0 Å².